The van der Waals surface area contributed by atoms with Crippen molar-refractivity contribution in [2.24, 2.45) is 0 Å². The standard InChI is InChI=1S/C18H20F3N3O2/c1-3-23-10-13(15(25)12-8-7-11(2)22-16(12)23)17(26)24-9-5-4-6-14(24)18(19,20)21/h7-8,10,14H,3-6,9H2,1-2H3. The van der Waals surface area contributed by atoms with Crippen LogP contribution in [0, 0.1) is 6.92 Å². The van der Waals surface area contributed by atoms with Gasteiger partial charge in [0.05, 0.1) is 5.39 Å². The summed E-state index contributed by atoms with van der Waals surface area (Å²) in [7, 11) is 0. The molecule has 0 aromatic carbocycles. The van der Waals surface area contributed by atoms with Crippen LogP contribution in [0.2, 0.25) is 0 Å². The summed E-state index contributed by atoms with van der Waals surface area (Å²) in [4.78, 5) is 30.7. The lowest BCUT2D eigenvalue weighted by Crippen LogP contribution is -2.52. The number of carbonyl (C=O) groups is 1. The van der Waals surface area contributed by atoms with E-state index in [9.17, 15) is 22.8 Å². The maximum absolute atomic E-state index is 13.3. The Bertz CT molecular complexity index is 905. The van der Waals surface area contributed by atoms with Gasteiger partial charge in [0.25, 0.3) is 5.91 Å². The van der Waals surface area contributed by atoms with Crippen LogP contribution in [0.5, 0.6) is 0 Å². The summed E-state index contributed by atoms with van der Waals surface area (Å²) >= 11 is 0. The Labute approximate surface area is 148 Å². The summed E-state index contributed by atoms with van der Waals surface area (Å²) in [5.74, 6) is -0.860. The number of hydrogen-bond acceptors (Lipinski definition) is 3. The average molecular weight is 367 g/mol. The second kappa shape index (κ2) is 6.74. The number of halogens is 3. The molecule has 8 heteroatoms. The molecule has 0 aliphatic carbocycles. The van der Waals surface area contributed by atoms with Crippen molar-refractivity contribution in [3.05, 3.63) is 39.8 Å². The van der Waals surface area contributed by atoms with Crippen LogP contribution >= 0.6 is 0 Å². The number of fused-ring (bicyclic) bond motifs is 1. The SMILES string of the molecule is CCn1cc(C(=O)N2CCCCC2C(F)(F)F)c(=O)c2ccc(C)nc21. The molecule has 3 rings (SSSR count). The molecular weight excluding hydrogens is 347 g/mol. The fourth-order valence-electron chi connectivity index (χ4n) is 3.42. The minimum absolute atomic E-state index is 0.00123. The molecule has 5 nitrogen and oxygen atoms in total. The molecule has 1 saturated heterocycles. The van der Waals surface area contributed by atoms with Crippen molar-refractivity contribution in [1.29, 1.82) is 0 Å². The van der Waals surface area contributed by atoms with E-state index in [-0.39, 0.29) is 23.9 Å². The van der Waals surface area contributed by atoms with Gasteiger partial charge in [0.15, 0.2) is 0 Å². The second-order valence-electron chi connectivity index (χ2n) is 6.53. The van der Waals surface area contributed by atoms with E-state index in [0.717, 1.165) is 4.90 Å². The van der Waals surface area contributed by atoms with E-state index in [0.29, 0.717) is 30.7 Å². The number of hydrogen-bond donors (Lipinski definition) is 0. The fraction of sp³-hybridized carbons (Fsp3) is 0.500. The van der Waals surface area contributed by atoms with Crippen LogP contribution in [0.3, 0.4) is 0 Å². The minimum Gasteiger partial charge on any atom is -0.332 e. The summed E-state index contributed by atoms with van der Waals surface area (Å²) in [6.45, 7) is 4.04. The maximum Gasteiger partial charge on any atom is 0.408 e. The van der Waals surface area contributed by atoms with E-state index in [1.807, 2.05) is 6.92 Å². The Morgan fingerprint density at radius 3 is 2.69 bits per heavy atom. The molecule has 1 aliphatic heterocycles. The van der Waals surface area contributed by atoms with Gasteiger partial charge in [-0.3, -0.25) is 9.59 Å². The number of alkyl halides is 3. The van der Waals surface area contributed by atoms with Crippen LogP contribution in [-0.4, -0.2) is 39.1 Å². The molecule has 0 saturated carbocycles. The Kier molecular flexibility index (Phi) is 4.77. The van der Waals surface area contributed by atoms with Gasteiger partial charge in [0, 0.05) is 25.0 Å². The van der Waals surface area contributed by atoms with E-state index in [2.05, 4.69) is 4.98 Å². The van der Waals surface area contributed by atoms with Crippen molar-refractivity contribution in [1.82, 2.24) is 14.5 Å². The Morgan fingerprint density at radius 1 is 1.31 bits per heavy atom. The first-order valence-electron chi connectivity index (χ1n) is 8.62. The lowest BCUT2D eigenvalue weighted by Gasteiger charge is -2.36. The van der Waals surface area contributed by atoms with Crippen molar-refractivity contribution in [2.45, 2.75) is 51.9 Å². The first-order valence-corrected chi connectivity index (χ1v) is 8.62. The largest absolute Gasteiger partial charge is 0.408 e. The molecule has 1 aliphatic rings. The highest BCUT2D eigenvalue weighted by Crippen LogP contribution is 2.32. The highest BCUT2D eigenvalue weighted by atomic mass is 19.4. The molecule has 1 amide bonds. The quantitative estimate of drug-likeness (QED) is 0.819. The molecule has 0 bridgehead atoms. The van der Waals surface area contributed by atoms with Gasteiger partial charge in [-0.15, -0.1) is 0 Å². The minimum atomic E-state index is -4.50. The number of aromatic nitrogens is 2. The third-order valence-electron chi connectivity index (χ3n) is 4.77. The number of nitrogens with zero attached hydrogens (tertiary/aromatic N) is 3. The summed E-state index contributed by atoms with van der Waals surface area (Å²) in [6, 6.07) is 1.38. The molecule has 26 heavy (non-hydrogen) atoms. The van der Waals surface area contributed by atoms with Crippen molar-refractivity contribution in [2.75, 3.05) is 6.54 Å². The van der Waals surface area contributed by atoms with Gasteiger partial charge >= 0.3 is 6.18 Å². The normalized spacial score (nSPS) is 18.3. The molecule has 1 fully saturated rings. The lowest BCUT2D eigenvalue weighted by atomic mass is 10.00. The van der Waals surface area contributed by atoms with Crippen molar-refractivity contribution in [3.63, 3.8) is 0 Å². The molecule has 2 aromatic rings. The maximum atomic E-state index is 13.3. The molecule has 2 aromatic heterocycles. The monoisotopic (exact) mass is 367 g/mol. The van der Waals surface area contributed by atoms with Gasteiger partial charge in [0.1, 0.15) is 17.3 Å². The third-order valence-corrected chi connectivity index (χ3v) is 4.77. The zero-order valence-electron chi connectivity index (χ0n) is 14.6. The Hall–Kier alpha value is -2.38. The molecule has 140 valence electrons. The number of pyridine rings is 2. The van der Waals surface area contributed by atoms with E-state index in [4.69, 9.17) is 0 Å². The van der Waals surface area contributed by atoms with Gasteiger partial charge in [0.2, 0.25) is 5.43 Å². The molecule has 1 unspecified atom stereocenters. The molecule has 0 spiro atoms. The van der Waals surface area contributed by atoms with Crippen LogP contribution in [0.4, 0.5) is 13.2 Å². The zero-order chi connectivity index (χ0) is 19.1. The molecule has 1 atom stereocenters. The zero-order valence-corrected chi connectivity index (χ0v) is 14.6. The fourth-order valence-corrected chi connectivity index (χ4v) is 3.42. The van der Waals surface area contributed by atoms with E-state index >= 15 is 0 Å². The summed E-state index contributed by atoms with van der Waals surface area (Å²) in [5.41, 5.74) is 0.334. The molecule has 0 radical (unpaired) electrons. The topological polar surface area (TPSA) is 55.2 Å². The predicted octanol–water partition coefficient (Wildman–Crippen LogP) is 3.28. The van der Waals surface area contributed by atoms with Crippen LogP contribution in [0.25, 0.3) is 11.0 Å². The average Bonchev–Trinajstić information content (AvgIpc) is 2.61. The smallest absolute Gasteiger partial charge is 0.332 e. The van der Waals surface area contributed by atoms with Gasteiger partial charge in [-0.05, 0) is 45.2 Å². The number of likely N-dealkylation sites (tertiary alicyclic amines) is 1. The Balaban J connectivity index is 2.12. The van der Waals surface area contributed by atoms with Gasteiger partial charge in [-0.2, -0.15) is 13.2 Å². The summed E-state index contributed by atoms with van der Waals surface area (Å²) in [5, 5.41) is 0.240. The van der Waals surface area contributed by atoms with Crippen molar-refractivity contribution >= 4 is 16.9 Å². The summed E-state index contributed by atoms with van der Waals surface area (Å²) < 4.78 is 41.6. The Morgan fingerprint density at radius 2 is 2.04 bits per heavy atom. The van der Waals surface area contributed by atoms with Crippen molar-refractivity contribution < 1.29 is 18.0 Å². The van der Waals surface area contributed by atoms with E-state index < -0.39 is 23.6 Å². The van der Waals surface area contributed by atoms with Crippen molar-refractivity contribution in [3.8, 4) is 0 Å². The van der Waals surface area contributed by atoms with E-state index in [1.54, 1.807) is 23.6 Å². The summed E-state index contributed by atoms with van der Waals surface area (Å²) in [6.07, 6.45) is -2.40. The van der Waals surface area contributed by atoms with Crippen LogP contribution in [0.1, 0.15) is 42.2 Å². The molecular formula is C18H20F3N3O2. The molecule has 3 heterocycles. The number of rotatable bonds is 2. The first-order chi connectivity index (χ1) is 12.2. The lowest BCUT2D eigenvalue weighted by molar-refractivity contribution is -0.183. The van der Waals surface area contributed by atoms with Crippen LogP contribution in [0.15, 0.2) is 23.1 Å². The van der Waals surface area contributed by atoms with Gasteiger partial charge in [-0.1, -0.05) is 0 Å². The van der Waals surface area contributed by atoms with Crippen LogP contribution < -0.4 is 5.43 Å². The molecule has 0 N–H and O–H groups in total. The van der Waals surface area contributed by atoms with Crippen LogP contribution in [-0.2, 0) is 6.54 Å². The van der Waals surface area contributed by atoms with Gasteiger partial charge in [-0.25, -0.2) is 4.98 Å². The third kappa shape index (κ3) is 3.20. The highest BCUT2D eigenvalue weighted by molar-refractivity contribution is 5.97. The number of amides is 1. The number of piperidine rings is 1. The van der Waals surface area contributed by atoms with E-state index in [1.165, 1.54) is 6.20 Å². The first kappa shape index (κ1) is 18.4. The highest BCUT2D eigenvalue weighted by Gasteiger charge is 2.46. The number of carbonyl (C=O) groups excluding carboxylic acids is 1. The van der Waals surface area contributed by atoms with Gasteiger partial charge < -0.3 is 9.47 Å². The second-order valence-corrected chi connectivity index (χ2v) is 6.53. The number of aryl methyl sites for hydroxylation is 2. The predicted molar refractivity (Wildman–Crippen MR) is 91.1 cm³/mol.